The Morgan fingerprint density at radius 1 is 1.04 bits per heavy atom. The van der Waals surface area contributed by atoms with E-state index >= 15 is 0 Å². The van der Waals surface area contributed by atoms with Crippen LogP contribution >= 0.6 is 0 Å². The van der Waals surface area contributed by atoms with Crippen molar-refractivity contribution >= 4 is 0 Å². The summed E-state index contributed by atoms with van der Waals surface area (Å²) in [4.78, 5) is 2.67. The molecule has 0 bridgehead atoms. The topological polar surface area (TPSA) is 27.0 Å². The first-order chi connectivity index (χ1) is 12.2. The summed E-state index contributed by atoms with van der Waals surface area (Å²) in [5.74, 6) is 1.65. The van der Waals surface area contributed by atoms with Crippen LogP contribution in [0.1, 0.15) is 49.7 Å². The van der Waals surface area contributed by atoms with Gasteiger partial charge in [-0.05, 0) is 86.4 Å². The Balaban J connectivity index is 1.34. The standard InChI is InChI=1S/C23H26N2/c1-17-3-2-13-25(17)14-12-22-15-23(22)21-10-8-20(9-11-21)19-6-4-18(16-24)5-7-19/h4-11,17,22-23H,2-3,12-15H2,1H3/t17-,22-,23+/m1/s1. The van der Waals surface area contributed by atoms with E-state index in [1.54, 1.807) is 0 Å². The molecule has 2 heteroatoms. The molecule has 2 aliphatic rings. The van der Waals surface area contributed by atoms with Crippen molar-refractivity contribution in [1.29, 1.82) is 5.26 Å². The van der Waals surface area contributed by atoms with Gasteiger partial charge in [0, 0.05) is 6.04 Å². The van der Waals surface area contributed by atoms with Crippen LogP contribution in [0.5, 0.6) is 0 Å². The molecule has 1 saturated heterocycles. The fourth-order valence-corrected chi connectivity index (χ4v) is 4.29. The smallest absolute Gasteiger partial charge is 0.0991 e. The SMILES string of the molecule is C[C@@H]1CCCN1CC[C@@H]1C[C@H]1c1ccc(-c2ccc(C#N)cc2)cc1. The summed E-state index contributed by atoms with van der Waals surface area (Å²) in [6.07, 6.45) is 5.47. The molecule has 2 nitrogen and oxygen atoms in total. The van der Waals surface area contributed by atoms with Crippen LogP contribution < -0.4 is 0 Å². The quantitative estimate of drug-likeness (QED) is 0.753. The lowest BCUT2D eigenvalue weighted by atomic mass is 10.0. The Bertz CT molecular complexity index is 754. The number of hydrogen-bond donors (Lipinski definition) is 0. The van der Waals surface area contributed by atoms with Gasteiger partial charge < -0.3 is 4.90 Å². The van der Waals surface area contributed by atoms with Crippen molar-refractivity contribution in [3.8, 4) is 17.2 Å². The number of rotatable bonds is 5. The zero-order chi connectivity index (χ0) is 17.2. The van der Waals surface area contributed by atoms with E-state index < -0.39 is 0 Å². The summed E-state index contributed by atoms with van der Waals surface area (Å²) < 4.78 is 0. The summed E-state index contributed by atoms with van der Waals surface area (Å²) in [6, 6.07) is 19.9. The van der Waals surface area contributed by atoms with Crippen molar-refractivity contribution in [3.63, 3.8) is 0 Å². The number of benzene rings is 2. The largest absolute Gasteiger partial charge is 0.301 e. The number of nitriles is 1. The second-order valence-electron chi connectivity index (χ2n) is 7.73. The summed E-state index contributed by atoms with van der Waals surface area (Å²) >= 11 is 0. The molecule has 1 saturated carbocycles. The average Bonchev–Trinajstić information content (AvgIpc) is 3.33. The predicted molar refractivity (Wildman–Crippen MR) is 102 cm³/mol. The maximum atomic E-state index is 8.90. The molecule has 0 amide bonds. The molecular weight excluding hydrogens is 304 g/mol. The molecular formula is C23H26N2. The van der Waals surface area contributed by atoms with Crippen molar-refractivity contribution < 1.29 is 0 Å². The molecule has 2 aromatic rings. The monoisotopic (exact) mass is 330 g/mol. The Morgan fingerprint density at radius 2 is 1.72 bits per heavy atom. The van der Waals surface area contributed by atoms with Gasteiger partial charge in [0.05, 0.1) is 11.6 Å². The van der Waals surface area contributed by atoms with Gasteiger partial charge in [0.2, 0.25) is 0 Å². The molecule has 2 fully saturated rings. The van der Waals surface area contributed by atoms with E-state index in [-0.39, 0.29) is 0 Å². The summed E-state index contributed by atoms with van der Waals surface area (Å²) in [6.45, 7) is 4.96. The van der Waals surface area contributed by atoms with E-state index in [4.69, 9.17) is 5.26 Å². The number of nitrogens with zero attached hydrogens (tertiary/aromatic N) is 2. The molecule has 3 atom stereocenters. The highest BCUT2D eigenvalue weighted by atomic mass is 15.2. The molecule has 2 aromatic carbocycles. The third-order valence-electron chi connectivity index (χ3n) is 6.09. The van der Waals surface area contributed by atoms with E-state index in [2.05, 4.69) is 42.2 Å². The van der Waals surface area contributed by atoms with Gasteiger partial charge in [-0.3, -0.25) is 0 Å². The van der Waals surface area contributed by atoms with Crippen LogP contribution in [-0.2, 0) is 0 Å². The average molecular weight is 330 g/mol. The Morgan fingerprint density at radius 3 is 2.32 bits per heavy atom. The predicted octanol–water partition coefficient (Wildman–Crippen LogP) is 5.20. The lowest BCUT2D eigenvalue weighted by Crippen LogP contribution is -2.28. The fourth-order valence-electron chi connectivity index (χ4n) is 4.29. The molecule has 0 N–H and O–H groups in total. The van der Waals surface area contributed by atoms with Crippen LogP contribution in [0.3, 0.4) is 0 Å². The Hall–Kier alpha value is -2.11. The Kier molecular flexibility index (Phi) is 4.59. The van der Waals surface area contributed by atoms with Gasteiger partial charge in [-0.2, -0.15) is 5.26 Å². The van der Waals surface area contributed by atoms with E-state index in [1.807, 2.05) is 24.3 Å². The van der Waals surface area contributed by atoms with Crippen molar-refractivity contribution in [2.75, 3.05) is 13.1 Å². The molecule has 0 radical (unpaired) electrons. The summed E-state index contributed by atoms with van der Waals surface area (Å²) in [5, 5.41) is 8.90. The van der Waals surface area contributed by atoms with Crippen LogP contribution in [0, 0.1) is 17.2 Å². The molecule has 4 rings (SSSR count). The van der Waals surface area contributed by atoms with Crippen LogP contribution in [-0.4, -0.2) is 24.0 Å². The second-order valence-corrected chi connectivity index (χ2v) is 7.73. The van der Waals surface area contributed by atoms with Crippen molar-refractivity contribution in [2.24, 2.45) is 5.92 Å². The van der Waals surface area contributed by atoms with Gasteiger partial charge in [0.15, 0.2) is 0 Å². The van der Waals surface area contributed by atoms with Crippen molar-refractivity contribution in [1.82, 2.24) is 4.90 Å². The van der Waals surface area contributed by atoms with Gasteiger partial charge in [-0.15, -0.1) is 0 Å². The first-order valence-electron chi connectivity index (χ1n) is 9.59. The highest BCUT2D eigenvalue weighted by Crippen LogP contribution is 2.50. The minimum Gasteiger partial charge on any atom is -0.301 e. The minimum absolute atomic E-state index is 0.716. The van der Waals surface area contributed by atoms with E-state index in [1.165, 1.54) is 55.5 Å². The maximum Gasteiger partial charge on any atom is 0.0991 e. The molecule has 1 heterocycles. The normalized spacial score (nSPS) is 25.7. The molecule has 1 aliphatic carbocycles. The van der Waals surface area contributed by atoms with Crippen LogP contribution in [0.4, 0.5) is 0 Å². The molecule has 128 valence electrons. The highest BCUT2D eigenvalue weighted by Gasteiger charge is 2.38. The first kappa shape index (κ1) is 16.4. The van der Waals surface area contributed by atoms with E-state index in [0.29, 0.717) is 5.56 Å². The lowest BCUT2D eigenvalue weighted by Gasteiger charge is -2.20. The molecule has 0 aromatic heterocycles. The molecule has 1 aliphatic heterocycles. The van der Waals surface area contributed by atoms with Crippen molar-refractivity contribution in [3.05, 3.63) is 59.7 Å². The number of likely N-dealkylation sites (tertiary alicyclic amines) is 1. The third kappa shape index (κ3) is 3.62. The van der Waals surface area contributed by atoms with Crippen LogP contribution in [0.15, 0.2) is 48.5 Å². The van der Waals surface area contributed by atoms with Gasteiger partial charge in [-0.25, -0.2) is 0 Å². The first-order valence-corrected chi connectivity index (χ1v) is 9.59. The summed E-state index contributed by atoms with van der Waals surface area (Å²) in [7, 11) is 0. The van der Waals surface area contributed by atoms with Gasteiger partial charge in [0.25, 0.3) is 0 Å². The fraction of sp³-hybridized carbons (Fsp3) is 0.435. The molecule has 25 heavy (non-hydrogen) atoms. The lowest BCUT2D eigenvalue weighted by molar-refractivity contribution is 0.260. The van der Waals surface area contributed by atoms with E-state index in [0.717, 1.165) is 17.9 Å². The van der Waals surface area contributed by atoms with Gasteiger partial charge in [-0.1, -0.05) is 36.4 Å². The zero-order valence-electron chi connectivity index (χ0n) is 15.0. The second kappa shape index (κ2) is 7.02. The van der Waals surface area contributed by atoms with Gasteiger partial charge >= 0.3 is 0 Å². The van der Waals surface area contributed by atoms with Crippen molar-refractivity contribution in [2.45, 2.75) is 44.6 Å². The van der Waals surface area contributed by atoms with E-state index in [9.17, 15) is 0 Å². The summed E-state index contributed by atoms with van der Waals surface area (Å²) in [5.41, 5.74) is 4.63. The molecule has 0 unspecified atom stereocenters. The van der Waals surface area contributed by atoms with Crippen LogP contribution in [0.2, 0.25) is 0 Å². The maximum absolute atomic E-state index is 8.90. The Labute approximate surface area is 151 Å². The number of hydrogen-bond acceptors (Lipinski definition) is 2. The minimum atomic E-state index is 0.716. The highest BCUT2D eigenvalue weighted by molar-refractivity contribution is 5.64. The van der Waals surface area contributed by atoms with Crippen LogP contribution in [0.25, 0.3) is 11.1 Å². The molecule has 0 spiro atoms. The zero-order valence-corrected chi connectivity index (χ0v) is 15.0. The van der Waals surface area contributed by atoms with Gasteiger partial charge in [0.1, 0.15) is 0 Å². The third-order valence-corrected chi connectivity index (χ3v) is 6.09.